The van der Waals surface area contributed by atoms with Gasteiger partial charge >= 0.3 is 0 Å². The van der Waals surface area contributed by atoms with Gasteiger partial charge in [0.05, 0.1) is 4.92 Å². The number of hydrogen-bond acceptors (Lipinski definition) is 6. The molecule has 0 fully saturated rings. The van der Waals surface area contributed by atoms with Gasteiger partial charge in [-0.2, -0.15) is 0 Å². The van der Waals surface area contributed by atoms with Crippen LogP contribution in [0.4, 0.5) is 11.4 Å². The van der Waals surface area contributed by atoms with E-state index in [0.717, 1.165) is 11.3 Å². The first kappa shape index (κ1) is 14.7. The fourth-order valence-corrected chi connectivity index (χ4v) is 2.08. The van der Waals surface area contributed by atoms with Gasteiger partial charge in [-0.05, 0) is 36.4 Å². The molecule has 3 aromatic rings. The van der Waals surface area contributed by atoms with E-state index in [1.165, 1.54) is 12.1 Å². The average molecular weight is 310 g/mol. The topological polar surface area (TPSA) is 85.3 Å². The maximum absolute atomic E-state index is 10.7. The maximum atomic E-state index is 10.7. The largest absolute Gasteiger partial charge is 0.416 e. The predicted molar refractivity (Wildman–Crippen MR) is 86.2 cm³/mol. The normalized spacial score (nSPS) is 10.5. The highest BCUT2D eigenvalue weighted by molar-refractivity contribution is 5.61. The van der Waals surface area contributed by atoms with E-state index < -0.39 is 4.92 Å². The molecule has 0 N–H and O–H groups in total. The molecule has 116 valence electrons. The molecule has 0 atom stereocenters. The van der Waals surface area contributed by atoms with Crippen LogP contribution in [-0.2, 0) is 0 Å². The number of aromatic nitrogens is 2. The molecule has 1 heterocycles. The number of nitro groups is 1. The smallest absolute Gasteiger partial charge is 0.269 e. The summed E-state index contributed by atoms with van der Waals surface area (Å²) in [5.41, 5.74) is 2.55. The summed E-state index contributed by atoms with van der Waals surface area (Å²) < 4.78 is 5.65. The summed E-state index contributed by atoms with van der Waals surface area (Å²) in [6.45, 7) is 0. The first-order chi connectivity index (χ1) is 11.0. The minimum Gasteiger partial charge on any atom is -0.416 e. The van der Waals surface area contributed by atoms with E-state index in [0.29, 0.717) is 17.3 Å². The molecule has 1 aromatic heterocycles. The van der Waals surface area contributed by atoms with Crippen molar-refractivity contribution in [3.05, 3.63) is 58.6 Å². The molecule has 0 spiro atoms. The summed E-state index contributed by atoms with van der Waals surface area (Å²) in [4.78, 5) is 12.2. The van der Waals surface area contributed by atoms with Gasteiger partial charge in [0.2, 0.25) is 11.8 Å². The van der Waals surface area contributed by atoms with E-state index in [-0.39, 0.29) is 5.69 Å². The van der Waals surface area contributed by atoms with Crippen LogP contribution in [0.25, 0.3) is 22.9 Å². The highest BCUT2D eigenvalue weighted by Crippen LogP contribution is 2.26. The summed E-state index contributed by atoms with van der Waals surface area (Å²) in [6, 6.07) is 13.7. The van der Waals surface area contributed by atoms with Crippen molar-refractivity contribution in [2.24, 2.45) is 0 Å². The third-order valence-corrected chi connectivity index (χ3v) is 3.38. The van der Waals surface area contributed by atoms with Gasteiger partial charge in [0.1, 0.15) is 0 Å². The van der Waals surface area contributed by atoms with Gasteiger partial charge in [0, 0.05) is 43.0 Å². The van der Waals surface area contributed by atoms with E-state index >= 15 is 0 Å². The molecule has 0 saturated carbocycles. The van der Waals surface area contributed by atoms with Crippen molar-refractivity contribution in [1.82, 2.24) is 10.2 Å². The third kappa shape index (κ3) is 3.03. The molecule has 7 nitrogen and oxygen atoms in total. The summed E-state index contributed by atoms with van der Waals surface area (Å²) in [5, 5.41) is 18.7. The van der Waals surface area contributed by atoms with Crippen LogP contribution < -0.4 is 4.90 Å². The van der Waals surface area contributed by atoms with E-state index in [9.17, 15) is 10.1 Å². The molecular weight excluding hydrogens is 296 g/mol. The summed E-state index contributed by atoms with van der Waals surface area (Å²) in [6.07, 6.45) is 0. The minimum atomic E-state index is -0.449. The molecule has 0 saturated heterocycles. The Labute approximate surface area is 132 Å². The summed E-state index contributed by atoms with van der Waals surface area (Å²) in [5.74, 6) is 0.732. The quantitative estimate of drug-likeness (QED) is 0.542. The van der Waals surface area contributed by atoms with Crippen molar-refractivity contribution in [3.63, 3.8) is 0 Å². The Bertz CT molecular complexity index is 823. The van der Waals surface area contributed by atoms with Crippen molar-refractivity contribution >= 4 is 11.4 Å². The molecule has 0 amide bonds. The maximum Gasteiger partial charge on any atom is 0.269 e. The van der Waals surface area contributed by atoms with E-state index in [1.807, 2.05) is 43.3 Å². The van der Waals surface area contributed by atoms with E-state index in [4.69, 9.17) is 4.42 Å². The van der Waals surface area contributed by atoms with Crippen LogP contribution in [0.5, 0.6) is 0 Å². The molecule has 2 aromatic carbocycles. The zero-order valence-electron chi connectivity index (χ0n) is 12.6. The van der Waals surface area contributed by atoms with Crippen molar-refractivity contribution in [2.45, 2.75) is 0 Å². The second kappa shape index (κ2) is 5.88. The first-order valence-electron chi connectivity index (χ1n) is 6.90. The second-order valence-electron chi connectivity index (χ2n) is 5.16. The lowest BCUT2D eigenvalue weighted by Gasteiger charge is -2.11. The first-order valence-corrected chi connectivity index (χ1v) is 6.90. The van der Waals surface area contributed by atoms with Gasteiger partial charge in [0.25, 0.3) is 5.69 Å². The number of non-ortho nitro benzene ring substituents is 1. The Morgan fingerprint density at radius 3 is 1.83 bits per heavy atom. The van der Waals surface area contributed by atoms with E-state index in [1.54, 1.807) is 12.1 Å². The summed E-state index contributed by atoms with van der Waals surface area (Å²) in [7, 11) is 3.93. The van der Waals surface area contributed by atoms with Gasteiger partial charge < -0.3 is 9.32 Å². The van der Waals surface area contributed by atoms with Gasteiger partial charge in [-0.1, -0.05) is 0 Å². The number of rotatable bonds is 4. The van der Waals surface area contributed by atoms with Crippen molar-refractivity contribution in [1.29, 1.82) is 0 Å². The minimum absolute atomic E-state index is 0.0211. The van der Waals surface area contributed by atoms with Crippen LogP contribution in [-0.4, -0.2) is 29.2 Å². The molecule has 0 bridgehead atoms. The lowest BCUT2D eigenvalue weighted by Crippen LogP contribution is -2.07. The van der Waals surface area contributed by atoms with Crippen LogP contribution in [0.3, 0.4) is 0 Å². The molecule has 23 heavy (non-hydrogen) atoms. The van der Waals surface area contributed by atoms with Crippen molar-refractivity contribution < 1.29 is 9.34 Å². The lowest BCUT2D eigenvalue weighted by atomic mass is 10.2. The molecular formula is C16H14N4O3. The second-order valence-corrected chi connectivity index (χ2v) is 5.16. The number of hydrogen-bond donors (Lipinski definition) is 0. The fraction of sp³-hybridized carbons (Fsp3) is 0.125. The zero-order chi connectivity index (χ0) is 16.4. The highest BCUT2D eigenvalue weighted by Gasteiger charge is 2.12. The van der Waals surface area contributed by atoms with Crippen LogP contribution in [0.2, 0.25) is 0 Å². The standard InChI is InChI=1S/C16H14N4O3/c1-19(2)13-7-3-11(4-8-13)15-17-18-16(23-15)12-5-9-14(10-6-12)20(21)22/h3-10H,1-2H3. The number of benzene rings is 2. The Balaban J connectivity index is 1.86. The monoisotopic (exact) mass is 310 g/mol. The van der Waals surface area contributed by atoms with Gasteiger partial charge in [-0.25, -0.2) is 0 Å². The van der Waals surface area contributed by atoms with Crippen LogP contribution in [0, 0.1) is 10.1 Å². The Hall–Kier alpha value is -3.22. The molecule has 0 aliphatic rings. The van der Waals surface area contributed by atoms with Crippen LogP contribution >= 0.6 is 0 Å². The average Bonchev–Trinajstić information content (AvgIpc) is 3.05. The summed E-state index contributed by atoms with van der Waals surface area (Å²) >= 11 is 0. The van der Waals surface area contributed by atoms with Gasteiger partial charge in [-0.3, -0.25) is 10.1 Å². The molecule has 0 aliphatic heterocycles. The molecule has 0 unspecified atom stereocenters. The van der Waals surface area contributed by atoms with Gasteiger partial charge in [0.15, 0.2) is 0 Å². The molecule has 0 radical (unpaired) electrons. The Kier molecular flexibility index (Phi) is 3.76. The molecule has 7 heteroatoms. The fourth-order valence-electron chi connectivity index (χ4n) is 2.08. The number of anilines is 1. The SMILES string of the molecule is CN(C)c1ccc(-c2nnc(-c3ccc([N+](=O)[O-])cc3)o2)cc1. The Morgan fingerprint density at radius 1 is 0.913 bits per heavy atom. The van der Waals surface area contributed by atoms with Crippen molar-refractivity contribution in [2.75, 3.05) is 19.0 Å². The molecule has 0 aliphatic carbocycles. The number of nitrogens with zero attached hydrogens (tertiary/aromatic N) is 4. The number of nitro benzene ring substituents is 1. The Morgan fingerprint density at radius 2 is 1.39 bits per heavy atom. The van der Waals surface area contributed by atoms with E-state index in [2.05, 4.69) is 10.2 Å². The van der Waals surface area contributed by atoms with Crippen LogP contribution in [0.1, 0.15) is 0 Å². The predicted octanol–water partition coefficient (Wildman–Crippen LogP) is 3.38. The lowest BCUT2D eigenvalue weighted by molar-refractivity contribution is -0.384. The van der Waals surface area contributed by atoms with Crippen LogP contribution in [0.15, 0.2) is 52.9 Å². The zero-order valence-corrected chi connectivity index (χ0v) is 12.6. The van der Waals surface area contributed by atoms with Crippen molar-refractivity contribution in [3.8, 4) is 22.9 Å². The highest BCUT2D eigenvalue weighted by atomic mass is 16.6. The third-order valence-electron chi connectivity index (χ3n) is 3.38. The molecule has 3 rings (SSSR count). The van der Waals surface area contributed by atoms with Gasteiger partial charge in [-0.15, -0.1) is 10.2 Å².